The van der Waals surface area contributed by atoms with Gasteiger partial charge >= 0.3 is 0 Å². The molecular formula is C30H28FN7O2S. The van der Waals surface area contributed by atoms with Gasteiger partial charge in [-0.3, -0.25) is 20.1 Å². The molecule has 5 aromatic heterocycles. The van der Waals surface area contributed by atoms with Gasteiger partial charge in [0.05, 0.1) is 40.6 Å². The number of hydrogen-bond donors (Lipinski definition) is 2. The molecule has 0 fully saturated rings. The van der Waals surface area contributed by atoms with E-state index in [2.05, 4.69) is 41.1 Å². The Kier molecular flexibility index (Phi) is 6.84. The Balaban J connectivity index is 1.40. The molecule has 2 N–H and O–H groups in total. The lowest BCUT2D eigenvalue weighted by Gasteiger charge is -2.10. The van der Waals surface area contributed by atoms with Gasteiger partial charge in [0, 0.05) is 53.3 Å². The maximum atomic E-state index is 14.6. The molecule has 9 nitrogen and oxygen atoms in total. The van der Waals surface area contributed by atoms with Crippen molar-refractivity contribution in [3.63, 3.8) is 0 Å². The van der Waals surface area contributed by atoms with Gasteiger partial charge in [0.1, 0.15) is 21.3 Å². The average Bonchev–Trinajstić information content (AvgIpc) is 3.54. The predicted octanol–water partition coefficient (Wildman–Crippen LogP) is 5.02. The number of aryl methyl sites for hydroxylation is 1. The van der Waals surface area contributed by atoms with Crippen LogP contribution in [-0.4, -0.2) is 69.6 Å². The molecule has 0 spiro atoms. The molecule has 208 valence electrons. The molecule has 1 aromatic carbocycles. The number of pyridine rings is 3. The molecule has 5 heterocycles. The van der Waals surface area contributed by atoms with E-state index in [9.17, 15) is 12.8 Å². The summed E-state index contributed by atoms with van der Waals surface area (Å²) in [6.45, 7) is 0.774. The number of benzene rings is 1. The first-order valence-corrected chi connectivity index (χ1v) is 15.1. The van der Waals surface area contributed by atoms with Crippen molar-refractivity contribution in [2.24, 2.45) is 0 Å². The SMILES string of the molecule is CN(C)Cc1cncc(-c2cc3c(-c4cc5c(-c6cc(F)cc(CCS(C)(=O)=O)c6)cncc5[nH]4)n[nH]c3cn2)c1. The second-order valence-electron chi connectivity index (χ2n) is 10.6. The van der Waals surface area contributed by atoms with E-state index in [1.54, 1.807) is 24.8 Å². The van der Waals surface area contributed by atoms with Crippen LogP contribution in [0.3, 0.4) is 0 Å². The van der Waals surface area contributed by atoms with Crippen LogP contribution in [-0.2, 0) is 22.8 Å². The van der Waals surface area contributed by atoms with Crippen molar-refractivity contribution in [2.45, 2.75) is 13.0 Å². The van der Waals surface area contributed by atoms with Gasteiger partial charge in [-0.2, -0.15) is 5.10 Å². The van der Waals surface area contributed by atoms with Crippen LogP contribution in [0.5, 0.6) is 0 Å². The lowest BCUT2D eigenvalue weighted by Crippen LogP contribution is -2.10. The minimum Gasteiger partial charge on any atom is -0.352 e. The zero-order valence-electron chi connectivity index (χ0n) is 22.8. The standard InChI is InChI=1S/C30H28FN7O2S/c1-38(2)17-19-7-21(13-32-12-19)26-11-24-29(16-34-26)36-37-30(24)27-10-23-25(14-33-15-28(23)35-27)20-6-18(8-22(31)9-20)4-5-41(3,39)40/h6-16,35H,4-5,17H2,1-3H3,(H,36,37). The van der Waals surface area contributed by atoms with Crippen LogP contribution >= 0.6 is 0 Å². The first-order chi connectivity index (χ1) is 19.6. The highest BCUT2D eigenvalue weighted by Gasteiger charge is 2.16. The molecule has 0 saturated heterocycles. The van der Waals surface area contributed by atoms with Gasteiger partial charge < -0.3 is 9.88 Å². The Morgan fingerprint density at radius 1 is 0.854 bits per heavy atom. The Morgan fingerprint density at radius 3 is 2.46 bits per heavy atom. The second kappa shape index (κ2) is 10.5. The van der Waals surface area contributed by atoms with Crippen LogP contribution in [0.4, 0.5) is 4.39 Å². The third-order valence-electron chi connectivity index (χ3n) is 6.87. The highest BCUT2D eigenvalue weighted by molar-refractivity contribution is 7.90. The molecule has 0 aliphatic carbocycles. The number of sulfone groups is 1. The van der Waals surface area contributed by atoms with E-state index in [-0.39, 0.29) is 12.2 Å². The maximum Gasteiger partial charge on any atom is 0.147 e. The van der Waals surface area contributed by atoms with Gasteiger partial charge in [-0.1, -0.05) is 6.07 Å². The third-order valence-corrected chi connectivity index (χ3v) is 7.81. The minimum atomic E-state index is -3.17. The average molecular weight is 570 g/mol. The topological polar surface area (TPSA) is 121 Å². The van der Waals surface area contributed by atoms with Gasteiger partial charge in [-0.05, 0) is 67.5 Å². The maximum absolute atomic E-state index is 14.6. The van der Waals surface area contributed by atoms with E-state index in [0.29, 0.717) is 11.1 Å². The van der Waals surface area contributed by atoms with Crippen molar-refractivity contribution in [3.8, 4) is 33.8 Å². The highest BCUT2D eigenvalue weighted by atomic mass is 32.2. The number of aromatic nitrogens is 6. The number of nitrogens with zero attached hydrogens (tertiary/aromatic N) is 5. The Morgan fingerprint density at radius 2 is 1.66 bits per heavy atom. The summed E-state index contributed by atoms with van der Waals surface area (Å²) in [6, 6.07) is 10.7. The molecule has 0 aliphatic heterocycles. The normalized spacial score (nSPS) is 12.1. The van der Waals surface area contributed by atoms with Crippen LogP contribution in [0.15, 0.2) is 67.4 Å². The molecule has 0 bridgehead atoms. The number of halogens is 1. The van der Waals surface area contributed by atoms with Crippen molar-refractivity contribution < 1.29 is 12.8 Å². The zero-order chi connectivity index (χ0) is 28.7. The van der Waals surface area contributed by atoms with Crippen molar-refractivity contribution in [1.29, 1.82) is 0 Å². The summed E-state index contributed by atoms with van der Waals surface area (Å²) in [5.74, 6) is -0.479. The van der Waals surface area contributed by atoms with Gasteiger partial charge in [0.25, 0.3) is 0 Å². The number of H-pyrrole nitrogens is 2. The van der Waals surface area contributed by atoms with E-state index < -0.39 is 15.7 Å². The fourth-order valence-corrected chi connectivity index (χ4v) is 5.63. The summed E-state index contributed by atoms with van der Waals surface area (Å²) in [4.78, 5) is 18.9. The summed E-state index contributed by atoms with van der Waals surface area (Å²) in [7, 11) is 0.858. The summed E-state index contributed by atoms with van der Waals surface area (Å²) < 4.78 is 37.9. The second-order valence-corrected chi connectivity index (χ2v) is 12.8. The van der Waals surface area contributed by atoms with E-state index in [4.69, 9.17) is 0 Å². The van der Waals surface area contributed by atoms with Crippen molar-refractivity contribution in [3.05, 3.63) is 84.3 Å². The van der Waals surface area contributed by atoms with E-state index in [1.165, 1.54) is 18.4 Å². The van der Waals surface area contributed by atoms with Crippen LogP contribution in [0, 0.1) is 5.82 Å². The Hall–Kier alpha value is -4.48. The summed E-state index contributed by atoms with van der Waals surface area (Å²) in [6.07, 6.45) is 10.2. The summed E-state index contributed by atoms with van der Waals surface area (Å²) in [5.41, 5.74) is 7.81. The third kappa shape index (κ3) is 5.72. The predicted molar refractivity (Wildman–Crippen MR) is 158 cm³/mol. The molecular weight excluding hydrogens is 541 g/mol. The molecule has 0 saturated carbocycles. The molecule has 0 unspecified atom stereocenters. The summed E-state index contributed by atoms with van der Waals surface area (Å²) in [5, 5.41) is 9.38. The van der Waals surface area contributed by atoms with Crippen LogP contribution in [0.2, 0.25) is 0 Å². The molecule has 6 rings (SSSR count). The van der Waals surface area contributed by atoms with E-state index in [1.807, 2.05) is 38.5 Å². The number of rotatable bonds is 8. The van der Waals surface area contributed by atoms with Gasteiger partial charge in [0.15, 0.2) is 0 Å². The van der Waals surface area contributed by atoms with Crippen molar-refractivity contribution >= 4 is 31.6 Å². The quantitative estimate of drug-likeness (QED) is 0.264. The smallest absolute Gasteiger partial charge is 0.147 e. The lowest BCUT2D eigenvalue weighted by molar-refractivity contribution is 0.402. The van der Waals surface area contributed by atoms with E-state index in [0.717, 1.165) is 62.1 Å². The lowest BCUT2D eigenvalue weighted by atomic mass is 10.0. The number of hydrogen-bond acceptors (Lipinski definition) is 7. The van der Waals surface area contributed by atoms with Crippen molar-refractivity contribution in [2.75, 3.05) is 26.1 Å². The summed E-state index contributed by atoms with van der Waals surface area (Å²) >= 11 is 0. The molecule has 6 aromatic rings. The first kappa shape index (κ1) is 26.7. The largest absolute Gasteiger partial charge is 0.352 e. The Bertz CT molecular complexity index is 2010. The first-order valence-electron chi connectivity index (χ1n) is 13.0. The molecule has 0 amide bonds. The molecule has 41 heavy (non-hydrogen) atoms. The molecule has 0 radical (unpaired) electrons. The number of fused-ring (bicyclic) bond motifs is 2. The van der Waals surface area contributed by atoms with Crippen LogP contribution in [0.25, 0.3) is 55.6 Å². The molecule has 0 aliphatic rings. The fraction of sp³-hybridized carbons (Fsp3) is 0.200. The van der Waals surface area contributed by atoms with Gasteiger partial charge in [0.2, 0.25) is 0 Å². The van der Waals surface area contributed by atoms with Crippen molar-refractivity contribution in [1.82, 2.24) is 35.0 Å². The van der Waals surface area contributed by atoms with Gasteiger partial charge in [-0.25, -0.2) is 12.8 Å². The highest BCUT2D eigenvalue weighted by Crippen LogP contribution is 2.35. The number of nitrogens with one attached hydrogen (secondary N) is 2. The molecule has 11 heteroatoms. The van der Waals surface area contributed by atoms with Crippen LogP contribution in [0.1, 0.15) is 11.1 Å². The number of aromatic amines is 2. The van der Waals surface area contributed by atoms with E-state index >= 15 is 0 Å². The fourth-order valence-electron chi connectivity index (χ4n) is 5.02. The van der Waals surface area contributed by atoms with Crippen LogP contribution < -0.4 is 0 Å². The zero-order valence-corrected chi connectivity index (χ0v) is 23.6. The monoisotopic (exact) mass is 569 g/mol. The Labute approximate surface area is 236 Å². The minimum absolute atomic E-state index is 0.0499. The molecule has 0 atom stereocenters. The van der Waals surface area contributed by atoms with Gasteiger partial charge in [-0.15, -0.1) is 0 Å².